The second kappa shape index (κ2) is 6.70. The number of aromatic nitrogens is 3. The van der Waals surface area contributed by atoms with Gasteiger partial charge in [-0.2, -0.15) is 0 Å². The van der Waals surface area contributed by atoms with Gasteiger partial charge in [-0.05, 0) is 30.9 Å². The minimum Gasteiger partial charge on any atom is -0.384 e. The second-order valence-electron chi connectivity index (χ2n) is 6.83. The van der Waals surface area contributed by atoms with Crippen molar-refractivity contribution in [3.05, 3.63) is 48.2 Å². The minimum absolute atomic E-state index is 0.000533. The molecule has 0 spiro atoms. The lowest BCUT2D eigenvalue weighted by molar-refractivity contribution is 0.0573. The van der Waals surface area contributed by atoms with E-state index < -0.39 is 0 Å². The van der Waals surface area contributed by atoms with Gasteiger partial charge in [0.1, 0.15) is 11.5 Å². The topological polar surface area (TPSA) is 105 Å². The number of pyridine rings is 1. The van der Waals surface area contributed by atoms with Crippen molar-refractivity contribution in [3.8, 4) is 0 Å². The van der Waals surface area contributed by atoms with E-state index in [1.165, 1.54) is 18.6 Å². The highest BCUT2D eigenvalue weighted by Gasteiger charge is 2.39. The Morgan fingerprint density at radius 1 is 1.00 bits per heavy atom. The molecule has 2 atom stereocenters. The van der Waals surface area contributed by atoms with Gasteiger partial charge in [-0.1, -0.05) is 0 Å². The van der Waals surface area contributed by atoms with Gasteiger partial charge in [-0.25, -0.2) is 9.97 Å². The van der Waals surface area contributed by atoms with Crippen molar-refractivity contribution in [2.75, 3.05) is 25.4 Å². The Morgan fingerprint density at radius 2 is 1.88 bits per heavy atom. The molecule has 2 bridgehead atoms. The van der Waals surface area contributed by atoms with Gasteiger partial charge in [0.15, 0.2) is 0 Å². The van der Waals surface area contributed by atoms with Crippen LogP contribution in [0, 0.1) is 5.92 Å². The lowest BCUT2D eigenvalue weighted by Crippen LogP contribution is -2.47. The maximum atomic E-state index is 12.9. The van der Waals surface area contributed by atoms with Crippen LogP contribution in [0.5, 0.6) is 0 Å². The molecule has 2 N–H and O–H groups in total. The molecule has 5 rings (SSSR count). The van der Waals surface area contributed by atoms with Gasteiger partial charge in [0.05, 0.1) is 11.8 Å². The highest BCUT2D eigenvalue weighted by atomic mass is 16.2. The molecule has 0 radical (unpaired) electrons. The Morgan fingerprint density at radius 3 is 2.62 bits per heavy atom. The first-order valence-electron chi connectivity index (χ1n) is 8.69. The normalized spacial score (nSPS) is 22.2. The summed E-state index contributed by atoms with van der Waals surface area (Å²) < 4.78 is 0. The molecule has 3 saturated heterocycles. The van der Waals surface area contributed by atoms with Crippen molar-refractivity contribution in [2.24, 2.45) is 5.92 Å². The quantitative estimate of drug-likeness (QED) is 0.858. The fraction of sp³-hybridized carbons (Fsp3) is 0.389. The third-order valence-corrected chi connectivity index (χ3v) is 5.08. The molecule has 3 aliphatic rings. The summed E-state index contributed by atoms with van der Waals surface area (Å²) in [7, 11) is 0. The number of nitrogens with zero attached hydrogens (tertiary/aromatic N) is 5. The highest BCUT2D eigenvalue weighted by molar-refractivity contribution is 5.95. The number of nitrogen functional groups attached to an aromatic ring is 1. The number of carbonyl (C=O) groups is 2. The number of piperidine rings is 1. The summed E-state index contributed by atoms with van der Waals surface area (Å²) in [5.74, 6) is 0.471. The molecule has 26 heavy (non-hydrogen) atoms. The number of amides is 2. The summed E-state index contributed by atoms with van der Waals surface area (Å²) in [4.78, 5) is 41.5. The van der Waals surface area contributed by atoms with Crippen LogP contribution >= 0.6 is 0 Å². The third-order valence-electron chi connectivity index (χ3n) is 5.08. The van der Waals surface area contributed by atoms with E-state index in [2.05, 4.69) is 15.0 Å². The number of fused-ring (bicyclic) bond motifs is 4. The van der Waals surface area contributed by atoms with Crippen molar-refractivity contribution in [2.45, 2.75) is 18.9 Å². The van der Waals surface area contributed by atoms with Gasteiger partial charge in [-0.15, -0.1) is 0 Å². The molecule has 2 amide bonds. The van der Waals surface area contributed by atoms with Crippen LogP contribution in [0.25, 0.3) is 0 Å². The van der Waals surface area contributed by atoms with Crippen LogP contribution in [0.1, 0.15) is 33.7 Å². The van der Waals surface area contributed by atoms with Crippen LogP contribution < -0.4 is 5.73 Å². The molecule has 0 saturated carbocycles. The Kier molecular flexibility index (Phi) is 4.24. The number of hydrogen-bond donors (Lipinski definition) is 1. The molecule has 8 heteroatoms. The van der Waals surface area contributed by atoms with Crippen LogP contribution in [0.3, 0.4) is 0 Å². The van der Waals surface area contributed by atoms with E-state index in [1.54, 1.807) is 23.2 Å². The Bertz CT molecular complexity index is 810. The zero-order valence-electron chi connectivity index (χ0n) is 14.3. The monoisotopic (exact) mass is 352 g/mol. The average molecular weight is 352 g/mol. The van der Waals surface area contributed by atoms with E-state index in [-0.39, 0.29) is 23.8 Å². The summed E-state index contributed by atoms with van der Waals surface area (Å²) in [6.45, 7) is 1.80. The number of rotatable bonds is 2. The minimum atomic E-state index is -0.126. The molecular formula is C18H20N6O2. The molecule has 2 aromatic rings. The molecular weight excluding hydrogens is 332 g/mol. The van der Waals surface area contributed by atoms with Gasteiger partial charge in [-0.3, -0.25) is 14.6 Å². The molecule has 134 valence electrons. The van der Waals surface area contributed by atoms with Crippen molar-refractivity contribution >= 4 is 17.6 Å². The van der Waals surface area contributed by atoms with E-state index in [0.29, 0.717) is 36.7 Å². The molecule has 3 fully saturated rings. The fourth-order valence-corrected chi connectivity index (χ4v) is 3.77. The zero-order chi connectivity index (χ0) is 18.1. The second-order valence-corrected chi connectivity index (χ2v) is 6.83. The maximum Gasteiger partial charge on any atom is 0.274 e. The van der Waals surface area contributed by atoms with Crippen LogP contribution in [-0.4, -0.2) is 62.2 Å². The van der Waals surface area contributed by atoms with Gasteiger partial charge in [0.2, 0.25) is 0 Å². The largest absolute Gasteiger partial charge is 0.384 e. The van der Waals surface area contributed by atoms with Gasteiger partial charge in [0, 0.05) is 44.3 Å². The smallest absolute Gasteiger partial charge is 0.274 e. The maximum absolute atomic E-state index is 12.9. The SMILES string of the molecule is Nc1ccc(C(=O)N2C[C@H]3CC[C@@H]2CN(C(=O)c2cnccn2)C3)cn1. The van der Waals surface area contributed by atoms with E-state index >= 15 is 0 Å². The molecule has 0 aromatic carbocycles. The van der Waals surface area contributed by atoms with Crippen molar-refractivity contribution in [1.29, 1.82) is 0 Å². The number of carbonyl (C=O) groups excluding carboxylic acids is 2. The van der Waals surface area contributed by atoms with E-state index in [0.717, 1.165) is 12.8 Å². The number of hydrogen-bond acceptors (Lipinski definition) is 6. The highest BCUT2D eigenvalue weighted by Crippen LogP contribution is 2.29. The summed E-state index contributed by atoms with van der Waals surface area (Å²) in [6.07, 6.45) is 7.96. The molecule has 3 aliphatic heterocycles. The molecule has 8 nitrogen and oxygen atoms in total. The Labute approximate surface area is 151 Å². The van der Waals surface area contributed by atoms with Gasteiger partial charge in [0.25, 0.3) is 11.8 Å². The summed E-state index contributed by atoms with van der Waals surface area (Å²) in [5, 5.41) is 0. The summed E-state index contributed by atoms with van der Waals surface area (Å²) in [6, 6.07) is 3.33. The molecule has 0 unspecified atom stereocenters. The van der Waals surface area contributed by atoms with Crippen molar-refractivity contribution in [1.82, 2.24) is 24.8 Å². The van der Waals surface area contributed by atoms with Crippen molar-refractivity contribution < 1.29 is 9.59 Å². The van der Waals surface area contributed by atoms with Gasteiger partial charge < -0.3 is 15.5 Å². The first kappa shape index (κ1) is 16.4. The fourth-order valence-electron chi connectivity index (χ4n) is 3.77. The Hall–Kier alpha value is -3.03. The Balaban J connectivity index is 1.54. The lowest BCUT2D eigenvalue weighted by atomic mass is 9.94. The predicted molar refractivity (Wildman–Crippen MR) is 94.1 cm³/mol. The van der Waals surface area contributed by atoms with Crippen LogP contribution in [0.4, 0.5) is 5.82 Å². The summed E-state index contributed by atoms with van der Waals surface area (Å²) in [5.41, 5.74) is 6.47. The van der Waals surface area contributed by atoms with Gasteiger partial charge >= 0.3 is 0 Å². The van der Waals surface area contributed by atoms with Crippen molar-refractivity contribution in [3.63, 3.8) is 0 Å². The van der Waals surface area contributed by atoms with E-state index in [9.17, 15) is 9.59 Å². The molecule has 5 heterocycles. The first-order chi connectivity index (χ1) is 12.6. The lowest BCUT2D eigenvalue weighted by Gasteiger charge is -2.36. The number of anilines is 1. The zero-order valence-corrected chi connectivity index (χ0v) is 14.3. The molecule has 2 aromatic heterocycles. The van der Waals surface area contributed by atoms with E-state index in [4.69, 9.17) is 5.73 Å². The predicted octanol–water partition coefficient (Wildman–Crippen LogP) is 0.831. The van der Waals surface area contributed by atoms with Crippen LogP contribution in [-0.2, 0) is 0 Å². The van der Waals surface area contributed by atoms with Crippen LogP contribution in [0.15, 0.2) is 36.9 Å². The average Bonchev–Trinajstić information content (AvgIpc) is 3.00. The first-order valence-corrected chi connectivity index (χ1v) is 8.69. The molecule has 0 aliphatic carbocycles. The van der Waals surface area contributed by atoms with E-state index in [1.807, 2.05) is 4.90 Å². The standard InChI is InChI=1S/C18H20N6O2/c19-16-4-2-13(7-22-16)17(25)24-10-12-1-3-14(24)11-23(9-12)18(26)15-8-20-5-6-21-15/h2,4-8,12,14H,1,3,9-11H2,(H2,19,22)/t12-,14+/m0/s1. The number of nitrogens with two attached hydrogens (primary N) is 1. The van der Waals surface area contributed by atoms with Crippen LogP contribution in [0.2, 0.25) is 0 Å². The third kappa shape index (κ3) is 3.10. The summed E-state index contributed by atoms with van der Waals surface area (Å²) >= 11 is 0.